The zero-order valence-corrected chi connectivity index (χ0v) is 16.6. The summed E-state index contributed by atoms with van der Waals surface area (Å²) < 4.78 is 18.2. The van der Waals surface area contributed by atoms with Gasteiger partial charge in [0.1, 0.15) is 6.61 Å². The average molecular weight is 458 g/mol. The number of ether oxygens (including phenoxy) is 3. The fourth-order valence-electron chi connectivity index (χ4n) is 2.04. The third-order valence-corrected chi connectivity index (χ3v) is 4.23. The van der Waals surface area contributed by atoms with E-state index in [2.05, 4.69) is 31.9 Å². The highest BCUT2D eigenvalue weighted by atomic mass is 79.9. The molecule has 6 heteroatoms. The van der Waals surface area contributed by atoms with E-state index in [9.17, 15) is 4.79 Å². The molecule has 2 aromatic carbocycles. The SMILES string of the molecule is CCOC(=O)c1cc(Br)c(OCc2ccc(Br)cc2)c(OCC)c1. The van der Waals surface area contributed by atoms with Crippen molar-refractivity contribution >= 4 is 37.8 Å². The van der Waals surface area contributed by atoms with E-state index in [1.54, 1.807) is 19.1 Å². The van der Waals surface area contributed by atoms with Crippen LogP contribution >= 0.6 is 31.9 Å². The second-order valence-electron chi connectivity index (χ2n) is 4.85. The van der Waals surface area contributed by atoms with Crippen LogP contribution < -0.4 is 9.47 Å². The summed E-state index contributed by atoms with van der Waals surface area (Å²) >= 11 is 6.86. The van der Waals surface area contributed by atoms with Gasteiger partial charge in [0.05, 0.1) is 23.2 Å². The van der Waals surface area contributed by atoms with Crippen LogP contribution in [0.3, 0.4) is 0 Å². The molecule has 0 aliphatic rings. The summed E-state index contributed by atoms with van der Waals surface area (Å²) in [4.78, 5) is 11.9. The molecule has 24 heavy (non-hydrogen) atoms. The van der Waals surface area contributed by atoms with Gasteiger partial charge in [0.25, 0.3) is 0 Å². The second-order valence-corrected chi connectivity index (χ2v) is 6.62. The molecule has 0 spiro atoms. The topological polar surface area (TPSA) is 44.8 Å². The Morgan fingerprint density at radius 3 is 2.33 bits per heavy atom. The Kier molecular flexibility index (Phi) is 7.12. The molecule has 0 saturated heterocycles. The molecule has 4 nitrogen and oxygen atoms in total. The average Bonchev–Trinajstić information content (AvgIpc) is 2.56. The van der Waals surface area contributed by atoms with E-state index >= 15 is 0 Å². The molecule has 0 radical (unpaired) electrons. The molecule has 128 valence electrons. The van der Waals surface area contributed by atoms with Gasteiger partial charge >= 0.3 is 5.97 Å². The van der Waals surface area contributed by atoms with Crippen molar-refractivity contribution in [1.29, 1.82) is 0 Å². The lowest BCUT2D eigenvalue weighted by molar-refractivity contribution is 0.0525. The van der Waals surface area contributed by atoms with E-state index in [1.807, 2.05) is 31.2 Å². The number of hydrogen-bond donors (Lipinski definition) is 0. The van der Waals surface area contributed by atoms with Crippen LogP contribution in [0, 0.1) is 0 Å². The highest BCUT2D eigenvalue weighted by Crippen LogP contribution is 2.37. The van der Waals surface area contributed by atoms with Crippen molar-refractivity contribution in [1.82, 2.24) is 0 Å². The van der Waals surface area contributed by atoms with Gasteiger partial charge in [0, 0.05) is 4.47 Å². The first-order valence-electron chi connectivity index (χ1n) is 7.55. The highest BCUT2D eigenvalue weighted by Gasteiger charge is 2.17. The molecule has 0 unspecified atom stereocenters. The number of carbonyl (C=O) groups is 1. The first-order chi connectivity index (χ1) is 11.5. The second kappa shape index (κ2) is 9.08. The van der Waals surface area contributed by atoms with Crippen molar-refractivity contribution in [3.8, 4) is 11.5 Å². The fourth-order valence-corrected chi connectivity index (χ4v) is 2.86. The van der Waals surface area contributed by atoms with E-state index in [0.29, 0.717) is 41.4 Å². The normalized spacial score (nSPS) is 10.3. The maximum Gasteiger partial charge on any atom is 0.338 e. The standard InChI is InChI=1S/C18H18Br2O4/c1-3-22-16-10-13(18(21)23-4-2)9-15(20)17(16)24-11-12-5-7-14(19)8-6-12/h5-10H,3-4,11H2,1-2H3. The van der Waals surface area contributed by atoms with Gasteiger partial charge < -0.3 is 14.2 Å². The molecular weight excluding hydrogens is 440 g/mol. The summed E-state index contributed by atoms with van der Waals surface area (Å²) in [6, 6.07) is 11.2. The maximum atomic E-state index is 11.9. The number of hydrogen-bond acceptors (Lipinski definition) is 4. The van der Waals surface area contributed by atoms with Crippen molar-refractivity contribution < 1.29 is 19.0 Å². The Morgan fingerprint density at radius 1 is 1.00 bits per heavy atom. The van der Waals surface area contributed by atoms with E-state index in [0.717, 1.165) is 10.0 Å². The number of esters is 1. The van der Waals surface area contributed by atoms with Gasteiger partial charge in [-0.05, 0) is 59.6 Å². The third-order valence-electron chi connectivity index (χ3n) is 3.12. The van der Waals surface area contributed by atoms with Crippen molar-refractivity contribution in [2.75, 3.05) is 13.2 Å². The first kappa shape index (κ1) is 18.8. The summed E-state index contributed by atoms with van der Waals surface area (Å²) in [5.74, 6) is 0.679. The van der Waals surface area contributed by atoms with E-state index in [-0.39, 0.29) is 0 Å². The van der Waals surface area contributed by atoms with Gasteiger partial charge in [-0.15, -0.1) is 0 Å². The monoisotopic (exact) mass is 456 g/mol. The van der Waals surface area contributed by atoms with Crippen molar-refractivity contribution in [3.05, 3.63) is 56.5 Å². The van der Waals surface area contributed by atoms with E-state index in [1.165, 1.54) is 0 Å². The van der Waals surface area contributed by atoms with E-state index in [4.69, 9.17) is 14.2 Å². The predicted octanol–water partition coefficient (Wildman–Crippen LogP) is 5.37. The minimum absolute atomic E-state index is 0.322. The molecule has 0 aliphatic carbocycles. The number of carbonyl (C=O) groups excluding carboxylic acids is 1. The van der Waals surface area contributed by atoms with Gasteiger partial charge in [-0.2, -0.15) is 0 Å². The number of rotatable bonds is 7. The van der Waals surface area contributed by atoms with Crippen LogP contribution in [-0.4, -0.2) is 19.2 Å². The third kappa shape index (κ3) is 4.98. The van der Waals surface area contributed by atoms with Gasteiger partial charge in [-0.25, -0.2) is 4.79 Å². The summed E-state index contributed by atoms with van der Waals surface area (Å²) in [6.45, 7) is 4.83. The number of benzene rings is 2. The minimum Gasteiger partial charge on any atom is -0.490 e. The largest absolute Gasteiger partial charge is 0.490 e. The predicted molar refractivity (Wildman–Crippen MR) is 99.7 cm³/mol. The molecule has 0 heterocycles. The lowest BCUT2D eigenvalue weighted by Crippen LogP contribution is -2.07. The molecule has 0 amide bonds. The zero-order chi connectivity index (χ0) is 17.5. The Bertz CT molecular complexity index is 699. The van der Waals surface area contributed by atoms with Crippen LogP contribution in [0.4, 0.5) is 0 Å². The van der Waals surface area contributed by atoms with Crippen LogP contribution in [0.2, 0.25) is 0 Å². The molecule has 0 N–H and O–H groups in total. The molecule has 0 aromatic heterocycles. The van der Waals surface area contributed by atoms with Crippen molar-refractivity contribution in [3.63, 3.8) is 0 Å². The summed E-state index contributed by atoms with van der Waals surface area (Å²) in [7, 11) is 0. The molecule has 2 aromatic rings. The summed E-state index contributed by atoms with van der Waals surface area (Å²) in [5, 5.41) is 0. The van der Waals surface area contributed by atoms with Crippen LogP contribution in [0.1, 0.15) is 29.8 Å². The summed E-state index contributed by atoms with van der Waals surface area (Å²) in [5.41, 5.74) is 1.45. The van der Waals surface area contributed by atoms with Gasteiger partial charge in [0.2, 0.25) is 0 Å². The molecule has 0 fully saturated rings. The lowest BCUT2D eigenvalue weighted by atomic mass is 10.2. The Balaban J connectivity index is 2.24. The zero-order valence-electron chi connectivity index (χ0n) is 13.5. The lowest BCUT2D eigenvalue weighted by Gasteiger charge is -2.15. The van der Waals surface area contributed by atoms with Crippen LogP contribution in [0.25, 0.3) is 0 Å². The van der Waals surface area contributed by atoms with Gasteiger partial charge in [-0.3, -0.25) is 0 Å². The number of halogens is 2. The van der Waals surface area contributed by atoms with E-state index < -0.39 is 5.97 Å². The molecule has 2 rings (SSSR count). The maximum absolute atomic E-state index is 11.9. The molecule has 0 bridgehead atoms. The smallest absolute Gasteiger partial charge is 0.338 e. The van der Waals surface area contributed by atoms with Gasteiger partial charge in [-0.1, -0.05) is 28.1 Å². The quantitative estimate of drug-likeness (QED) is 0.524. The Hall–Kier alpha value is -1.53. The Labute approximate surface area is 158 Å². The van der Waals surface area contributed by atoms with Crippen LogP contribution in [0.15, 0.2) is 45.3 Å². The molecule has 0 aliphatic heterocycles. The molecular formula is C18H18Br2O4. The first-order valence-corrected chi connectivity index (χ1v) is 9.14. The molecule has 0 atom stereocenters. The molecule has 0 saturated carbocycles. The van der Waals surface area contributed by atoms with Crippen molar-refractivity contribution in [2.45, 2.75) is 20.5 Å². The van der Waals surface area contributed by atoms with Crippen LogP contribution in [0.5, 0.6) is 11.5 Å². The highest BCUT2D eigenvalue weighted by molar-refractivity contribution is 9.10. The minimum atomic E-state index is -0.390. The van der Waals surface area contributed by atoms with Gasteiger partial charge in [0.15, 0.2) is 11.5 Å². The summed E-state index contributed by atoms with van der Waals surface area (Å²) in [6.07, 6.45) is 0. The van der Waals surface area contributed by atoms with Crippen molar-refractivity contribution in [2.24, 2.45) is 0 Å². The van der Waals surface area contributed by atoms with Crippen LogP contribution in [-0.2, 0) is 11.3 Å². The Morgan fingerprint density at radius 2 is 1.71 bits per heavy atom. The fraction of sp³-hybridized carbons (Fsp3) is 0.278.